The van der Waals surface area contributed by atoms with Gasteiger partial charge in [-0.05, 0) is 29.8 Å². The first-order valence-corrected chi connectivity index (χ1v) is 5.56. The molecule has 1 unspecified atom stereocenters. The summed E-state index contributed by atoms with van der Waals surface area (Å²) in [6.45, 7) is 0. The molecule has 0 spiro atoms. The molecule has 0 aliphatic heterocycles. The fraction of sp³-hybridized carbons (Fsp3) is 0.154. The number of nitrogens with zero attached hydrogens (tertiary/aromatic N) is 1. The average Bonchev–Trinajstić information content (AvgIpc) is 2.85. The molecule has 2 aromatic rings. The first kappa shape index (κ1) is 11.7. The smallest absolute Gasteiger partial charge is 0.333 e. The molecule has 0 saturated carbocycles. The molecule has 0 bridgehead atoms. The van der Waals surface area contributed by atoms with Crippen LogP contribution in [0.15, 0.2) is 48.8 Å². The van der Waals surface area contributed by atoms with Gasteiger partial charge >= 0.3 is 5.97 Å². The lowest BCUT2D eigenvalue weighted by molar-refractivity contribution is -0.143. The number of hydrogen-bond acceptors (Lipinski definition) is 2. The number of carbonyl (C=O) groups is 1. The second-order valence-corrected chi connectivity index (χ2v) is 4.04. The van der Waals surface area contributed by atoms with E-state index >= 15 is 0 Å². The van der Waals surface area contributed by atoms with Crippen molar-refractivity contribution in [2.45, 2.75) is 6.04 Å². The maximum Gasteiger partial charge on any atom is 0.333 e. The zero-order valence-corrected chi connectivity index (χ0v) is 10.1. The second kappa shape index (κ2) is 5.06. The number of ether oxygens (including phenoxy) is 1. The molecule has 1 heterocycles. The molecule has 2 rings (SSSR count). The van der Waals surface area contributed by atoms with E-state index in [-0.39, 0.29) is 5.97 Å². The molecule has 1 atom stereocenters. The molecule has 88 valence electrons. The van der Waals surface area contributed by atoms with Gasteiger partial charge in [0.05, 0.1) is 7.11 Å². The predicted molar refractivity (Wildman–Crippen MR) is 66.0 cm³/mol. The summed E-state index contributed by atoms with van der Waals surface area (Å²) in [4.78, 5) is 11.8. The molecule has 0 aliphatic rings. The lowest BCUT2D eigenvalue weighted by atomic mass is 10.1. The molecule has 0 fully saturated rings. The Labute approximate surface area is 105 Å². The molecule has 3 nitrogen and oxygen atoms in total. The third-order valence-electron chi connectivity index (χ3n) is 2.54. The molecule has 0 saturated heterocycles. The van der Waals surface area contributed by atoms with Crippen LogP contribution in [0.25, 0.3) is 0 Å². The van der Waals surface area contributed by atoms with E-state index in [9.17, 15) is 4.79 Å². The van der Waals surface area contributed by atoms with Gasteiger partial charge in [0, 0.05) is 17.4 Å². The summed E-state index contributed by atoms with van der Waals surface area (Å²) >= 11 is 5.83. The minimum absolute atomic E-state index is 0.302. The van der Waals surface area contributed by atoms with Crippen molar-refractivity contribution in [3.63, 3.8) is 0 Å². The van der Waals surface area contributed by atoms with E-state index in [1.807, 2.05) is 36.7 Å². The molecule has 0 N–H and O–H groups in total. The fourth-order valence-electron chi connectivity index (χ4n) is 1.71. The summed E-state index contributed by atoms with van der Waals surface area (Å²) in [5, 5.41) is 0.643. The summed E-state index contributed by atoms with van der Waals surface area (Å²) in [6, 6.07) is 10.4. The van der Waals surface area contributed by atoms with Gasteiger partial charge in [-0.3, -0.25) is 0 Å². The molecule has 0 radical (unpaired) electrons. The summed E-state index contributed by atoms with van der Waals surface area (Å²) in [5.41, 5.74) is 0.845. The number of carbonyl (C=O) groups excluding carboxylic acids is 1. The minimum atomic E-state index is -0.465. The maximum atomic E-state index is 11.8. The first-order chi connectivity index (χ1) is 8.22. The van der Waals surface area contributed by atoms with Crippen LogP contribution in [-0.2, 0) is 9.53 Å². The number of aromatic nitrogens is 1. The van der Waals surface area contributed by atoms with Crippen molar-refractivity contribution in [2.75, 3.05) is 7.11 Å². The van der Waals surface area contributed by atoms with E-state index in [0.29, 0.717) is 5.02 Å². The molecule has 4 heteroatoms. The average molecular weight is 250 g/mol. The molecule has 0 aliphatic carbocycles. The number of rotatable bonds is 3. The first-order valence-electron chi connectivity index (χ1n) is 5.18. The van der Waals surface area contributed by atoms with Crippen molar-refractivity contribution in [1.82, 2.24) is 4.57 Å². The summed E-state index contributed by atoms with van der Waals surface area (Å²) in [6.07, 6.45) is 3.66. The van der Waals surface area contributed by atoms with Crippen molar-refractivity contribution >= 4 is 17.6 Å². The van der Waals surface area contributed by atoms with E-state index in [1.54, 1.807) is 16.7 Å². The third kappa shape index (κ3) is 2.50. The van der Waals surface area contributed by atoms with Crippen molar-refractivity contribution in [3.8, 4) is 0 Å². The predicted octanol–water partition coefficient (Wildman–Crippen LogP) is 2.90. The number of benzene rings is 1. The number of halogens is 1. The van der Waals surface area contributed by atoms with Gasteiger partial charge < -0.3 is 9.30 Å². The van der Waals surface area contributed by atoms with Crippen molar-refractivity contribution in [3.05, 3.63) is 59.4 Å². The largest absolute Gasteiger partial charge is 0.467 e. The van der Waals surface area contributed by atoms with Crippen LogP contribution in [0, 0.1) is 0 Å². The third-order valence-corrected chi connectivity index (χ3v) is 2.79. The van der Waals surface area contributed by atoms with Crippen LogP contribution < -0.4 is 0 Å². The van der Waals surface area contributed by atoms with Crippen LogP contribution in [0.3, 0.4) is 0 Å². The molecular formula is C13H12ClNO2. The maximum absolute atomic E-state index is 11.8. The zero-order chi connectivity index (χ0) is 12.3. The lowest BCUT2D eigenvalue weighted by Gasteiger charge is -2.16. The Morgan fingerprint density at radius 3 is 2.35 bits per heavy atom. The Morgan fingerprint density at radius 2 is 1.82 bits per heavy atom. The van der Waals surface area contributed by atoms with Gasteiger partial charge in [-0.2, -0.15) is 0 Å². The summed E-state index contributed by atoms with van der Waals surface area (Å²) in [5.74, 6) is -0.302. The fourth-order valence-corrected chi connectivity index (χ4v) is 1.83. The van der Waals surface area contributed by atoms with Gasteiger partial charge in [0.2, 0.25) is 0 Å². The molecule has 1 aromatic carbocycles. The Morgan fingerprint density at radius 1 is 1.24 bits per heavy atom. The quantitative estimate of drug-likeness (QED) is 0.784. The summed E-state index contributed by atoms with van der Waals surface area (Å²) in [7, 11) is 1.38. The van der Waals surface area contributed by atoms with Crippen molar-refractivity contribution in [1.29, 1.82) is 0 Å². The standard InChI is InChI=1S/C13H12ClNO2/c1-17-13(16)12(15-8-2-3-9-15)10-4-6-11(14)7-5-10/h2-9,12H,1H3. The van der Waals surface area contributed by atoms with Crippen LogP contribution >= 0.6 is 11.6 Å². The molecule has 0 amide bonds. The number of hydrogen-bond donors (Lipinski definition) is 0. The van der Waals surface area contributed by atoms with Gasteiger partial charge in [0.1, 0.15) is 0 Å². The zero-order valence-electron chi connectivity index (χ0n) is 9.34. The van der Waals surface area contributed by atoms with Crippen LogP contribution in [0.1, 0.15) is 11.6 Å². The van der Waals surface area contributed by atoms with Crippen LogP contribution in [-0.4, -0.2) is 17.6 Å². The molecule has 17 heavy (non-hydrogen) atoms. The molecular weight excluding hydrogens is 238 g/mol. The van der Waals surface area contributed by atoms with E-state index in [2.05, 4.69) is 0 Å². The van der Waals surface area contributed by atoms with E-state index < -0.39 is 6.04 Å². The van der Waals surface area contributed by atoms with Gasteiger partial charge in [0.25, 0.3) is 0 Å². The normalized spacial score (nSPS) is 12.1. The van der Waals surface area contributed by atoms with E-state index in [0.717, 1.165) is 5.56 Å². The van der Waals surface area contributed by atoms with Crippen LogP contribution in [0.5, 0.6) is 0 Å². The monoisotopic (exact) mass is 249 g/mol. The van der Waals surface area contributed by atoms with Gasteiger partial charge in [0.15, 0.2) is 6.04 Å². The van der Waals surface area contributed by atoms with Crippen LogP contribution in [0.4, 0.5) is 0 Å². The highest BCUT2D eigenvalue weighted by Crippen LogP contribution is 2.21. The van der Waals surface area contributed by atoms with Crippen molar-refractivity contribution in [2.24, 2.45) is 0 Å². The Hall–Kier alpha value is -1.74. The highest BCUT2D eigenvalue weighted by Gasteiger charge is 2.22. The van der Waals surface area contributed by atoms with E-state index in [1.165, 1.54) is 7.11 Å². The Kier molecular flexibility index (Phi) is 3.49. The second-order valence-electron chi connectivity index (χ2n) is 3.61. The Balaban J connectivity index is 2.40. The van der Waals surface area contributed by atoms with Gasteiger partial charge in [-0.15, -0.1) is 0 Å². The van der Waals surface area contributed by atoms with Gasteiger partial charge in [-0.1, -0.05) is 23.7 Å². The SMILES string of the molecule is COC(=O)C(c1ccc(Cl)cc1)n1cccc1. The molecule has 1 aromatic heterocycles. The topological polar surface area (TPSA) is 31.2 Å². The van der Waals surface area contributed by atoms with E-state index in [4.69, 9.17) is 16.3 Å². The summed E-state index contributed by atoms with van der Waals surface area (Å²) < 4.78 is 6.63. The highest BCUT2D eigenvalue weighted by molar-refractivity contribution is 6.30. The van der Waals surface area contributed by atoms with Crippen molar-refractivity contribution < 1.29 is 9.53 Å². The number of esters is 1. The minimum Gasteiger partial charge on any atom is -0.467 e. The highest BCUT2D eigenvalue weighted by atomic mass is 35.5. The number of methoxy groups -OCH3 is 1. The Bertz CT molecular complexity index is 491. The van der Waals surface area contributed by atoms with Crippen LogP contribution in [0.2, 0.25) is 5.02 Å². The lowest BCUT2D eigenvalue weighted by Crippen LogP contribution is -2.20. The van der Waals surface area contributed by atoms with Gasteiger partial charge in [-0.25, -0.2) is 4.79 Å².